The summed E-state index contributed by atoms with van der Waals surface area (Å²) in [7, 11) is 1.66. The van der Waals surface area contributed by atoms with Gasteiger partial charge in [-0.1, -0.05) is 12.1 Å². The lowest BCUT2D eigenvalue weighted by Crippen LogP contribution is -2.49. The van der Waals surface area contributed by atoms with Crippen LogP contribution in [0.25, 0.3) is 0 Å². The lowest BCUT2D eigenvalue weighted by molar-refractivity contribution is -0.133. The summed E-state index contributed by atoms with van der Waals surface area (Å²) in [5, 5.41) is 8.23. The number of amides is 1. The van der Waals surface area contributed by atoms with Crippen molar-refractivity contribution in [2.75, 3.05) is 39.8 Å². The summed E-state index contributed by atoms with van der Waals surface area (Å²) in [6.07, 6.45) is 5.22. The third-order valence-electron chi connectivity index (χ3n) is 5.79. The molecule has 1 aliphatic heterocycles. The molecule has 0 unspecified atom stereocenters. The standard InChI is InChI=1S/C22H30N4O3/c1-28-19-7-4-17(5-8-19)6-9-20-23-24-21(29-20)10-11-22(27)26-14-12-25(13-15-26)16-18-2-3-18/h4-5,7-8,18H,2-3,6,9-16H2,1H3. The lowest BCUT2D eigenvalue weighted by Gasteiger charge is -2.34. The molecule has 2 heterocycles. The average molecular weight is 399 g/mol. The summed E-state index contributed by atoms with van der Waals surface area (Å²) in [6, 6.07) is 7.98. The molecule has 0 radical (unpaired) electrons. The van der Waals surface area contributed by atoms with Gasteiger partial charge in [0.1, 0.15) is 5.75 Å². The van der Waals surface area contributed by atoms with Crippen molar-refractivity contribution >= 4 is 5.91 Å². The van der Waals surface area contributed by atoms with E-state index in [1.54, 1.807) is 7.11 Å². The van der Waals surface area contributed by atoms with E-state index in [2.05, 4.69) is 15.1 Å². The van der Waals surface area contributed by atoms with E-state index in [0.717, 1.165) is 44.3 Å². The highest BCUT2D eigenvalue weighted by atomic mass is 16.5. The third kappa shape index (κ3) is 5.79. The number of carbonyl (C=O) groups is 1. The van der Waals surface area contributed by atoms with E-state index in [-0.39, 0.29) is 5.91 Å². The predicted molar refractivity (Wildman–Crippen MR) is 109 cm³/mol. The van der Waals surface area contributed by atoms with E-state index < -0.39 is 0 Å². The van der Waals surface area contributed by atoms with Crippen LogP contribution in [0, 0.1) is 5.92 Å². The second kappa shape index (κ2) is 9.39. The van der Waals surface area contributed by atoms with Gasteiger partial charge in [-0.2, -0.15) is 0 Å². The van der Waals surface area contributed by atoms with Gasteiger partial charge in [-0.05, 0) is 42.9 Å². The Kier molecular flexibility index (Phi) is 6.44. The number of hydrogen-bond donors (Lipinski definition) is 0. The number of benzene rings is 1. The predicted octanol–water partition coefficient (Wildman–Crippen LogP) is 2.35. The molecule has 1 aromatic carbocycles. The molecule has 1 saturated carbocycles. The molecule has 1 aliphatic carbocycles. The molecule has 0 N–H and O–H groups in total. The van der Waals surface area contributed by atoms with Crippen LogP contribution in [-0.4, -0.2) is 65.7 Å². The van der Waals surface area contributed by atoms with Gasteiger partial charge in [-0.25, -0.2) is 0 Å². The van der Waals surface area contributed by atoms with Crippen molar-refractivity contribution in [3.05, 3.63) is 41.6 Å². The molecule has 1 amide bonds. The summed E-state index contributed by atoms with van der Waals surface area (Å²) < 4.78 is 10.9. The van der Waals surface area contributed by atoms with Crippen molar-refractivity contribution < 1.29 is 13.9 Å². The van der Waals surface area contributed by atoms with Crippen LogP contribution in [-0.2, 0) is 24.1 Å². The Labute approximate surface area is 172 Å². The molecule has 7 heteroatoms. The minimum absolute atomic E-state index is 0.189. The summed E-state index contributed by atoms with van der Waals surface area (Å²) in [5.74, 6) is 3.12. The molecule has 2 aliphatic rings. The van der Waals surface area contributed by atoms with Crippen LogP contribution in [0.2, 0.25) is 0 Å². The first-order valence-corrected chi connectivity index (χ1v) is 10.6. The number of carbonyl (C=O) groups excluding carboxylic acids is 1. The van der Waals surface area contributed by atoms with Crippen molar-refractivity contribution in [3.8, 4) is 5.75 Å². The number of piperazine rings is 1. The second-order valence-corrected chi connectivity index (χ2v) is 8.06. The molecular formula is C22H30N4O3. The van der Waals surface area contributed by atoms with Gasteiger partial charge in [0.15, 0.2) is 0 Å². The van der Waals surface area contributed by atoms with Gasteiger partial charge in [0.25, 0.3) is 0 Å². The van der Waals surface area contributed by atoms with E-state index in [1.807, 2.05) is 29.2 Å². The fourth-order valence-electron chi connectivity index (χ4n) is 3.75. The zero-order valence-corrected chi connectivity index (χ0v) is 17.2. The van der Waals surface area contributed by atoms with Gasteiger partial charge in [0.05, 0.1) is 7.11 Å². The first-order valence-electron chi connectivity index (χ1n) is 10.6. The molecule has 1 aromatic heterocycles. The molecule has 0 bridgehead atoms. The highest BCUT2D eigenvalue weighted by Gasteiger charge is 2.27. The fourth-order valence-corrected chi connectivity index (χ4v) is 3.75. The van der Waals surface area contributed by atoms with E-state index in [4.69, 9.17) is 9.15 Å². The van der Waals surface area contributed by atoms with Crippen LogP contribution in [0.3, 0.4) is 0 Å². The van der Waals surface area contributed by atoms with Gasteiger partial charge >= 0.3 is 0 Å². The Bertz CT molecular complexity index is 793. The van der Waals surface area contributed by atoms with Crippen LogP contribution in [0.1, 0.15) is 36.6 Å². The molecule has 0 atom stereocenters. The van der Waals surface area contributed by atoms with Crippen LogP contribution >= 0.6 is 0 Å². The van der Waals surface area contributed by atoms with E-state index in [9.17, 15) is 4.79 Å². The van der Waals surface area contributed by atoms with Gasteiger partial charge in [0, 0.05) is 52.0 Å². The Balaban J connectivity index is 1.17. The Morgan fingerprint density at radius 1 is 1.03 bits per heavy atom. The van der Waals surface area contributed by atoms with Crippen molar-refractivity contribution in [1.29, 1.82) is 0 Å². The normalized spacial score (nSPS) is 17.5. The smallest absolute Gasteiger partial charge is 0.223 e. The summed E-state index contributed by atoms with van der Waals surface area (Å²) >= 11 is 0. The molecule has 0 spiro atoms. The number of hydrogen-bond acceptors (Lipinski definition) is 6. The molecule has 29 heavy (non-hydrogen) atoms. The Morgan fingerprint density at radius 3 is 2.38 bits per heavy atom. The van der Waals surface area contributed by atoms with Crippen molar-refractivity contribution in [3.63, 3.8) is 0 Å². The van der Waals surface area contributed by atoms with Crippen molar-refractivity contribution in [2.24, 2.45) is 5.92 Å². The summed E-state index contributed by atoms with van der Waals surface area (Å²) in [6.45, 7) is 4.88. The van der Waals surface area contributed by atoms with E-state index in [1.165, 1.54) is 24.9 Å². The Hall–Kier alpha value is -2.41. The first kappa shape index (κ1) is 19.9. The van der Waals surface area contributed by atoms with Crippen LogP contribution in [0.15, 0.2) is 28.7 Å². The molecule has 2 aromatic rings. The fraction of sp³-hybridized carbons (Fsp3) is 0.591. The zero-order valence-electron chi connectivity index (χ0n) is 17.2. The number of methoxy groups -OCH3 is 1. The SMILES string of the molecule is COc1ccc(CCc2nnc(CCC(=O)N3CCN(CC4CC4)CC3)o2)cc1. The zero-order chi connectivity index (χ0) is 20.1. The number of ether oxygens (including phenoxy) is 1. The van der Waals surface area contributed by atoms with Gasteiger partial charge < -0.3 is 14.1 Å². The van der Waals surface area contributed by atoms with E-state index in [0.29, 0.717) is 31.0 Å². The van der Waals surface area contributed by atoms with Crippen LogP contribution in [0.4, 0.5) is 0 Å². The van der Waals surface area contributed by atoms with Gasteiger partial charge in [-0.15, -0.1) is 10.2 Å². The monoisotopic (exact) mass is 398 g/mol. The van der Waals surface area contributed by atoms with Crippen molar-refractivity contribution in [1.82, 2.24) is 20.0 Å². The number of aryl methyl sites for hydroxylation is 3. The van der Waals surface area contributed by atoms with Crippen LogP contribution < -0.4 is 4.74 Å². The maximum absolute atomic E-state index is 12.5. The minimum atomic E-state index is 0.189. The Morgan fingerprint density at radius 2 is 1.72 bits per heavy atom. The largest absolute Gasteiger partial charge is 0.497 e. The highest BCUT2D eigenvalue weighted by Crippen LogP contribution is 2.29. The molecular weight excluding hydrogens is 368 g/mol. The van der Waals surface area contributed by atoms with Gasteiger partial charge in [-0.3, -0.25) is 9.69 Å². The molecule has 2 fully saturated rings. The molecule has 156 valence electrons. The topological polar surface area (TPSA) is 71.7 Å². The van der Waals surface area contributed by atoms with E-state index >= 15 is 0 Å². The first-order chi connectivity index (χ1) is 14.2. The maximum Gasteiger partial charge on any atom is 0.223 e. The molecule has 4 rings (SSSR count). The molecule has 1 saturated heterocycles. The van der Waals surface area contributed by atoms with Crippen LogP contribution in [0.5, 0.6) is 5.75 Å². The highest BCUT2D eigenvalue weighted by molar-refractivity contribution is 5.76. The minimum Gasteiger partial charge on any atom is -0.497 e. The lowest BCUT2D eigenvalue weighted by atomic mass is 10.1. The second-order valence-electron chi connectivity index (χ2n) is 8.06. The average Bonchev–Trinajstić information content (AvgIpc) is 3.46. The number of aromatic nitrogens is 2. The summed E-state index contributed by atoms with van der Waals surface area (Å²) in [5.41, 5.74) is 1.20. The summed E-state index contributed by atoms with van der Waals surface area (Å²) in [4.78, 5) is 17.0. The van der Waals surface area contributed by atoms with Gasteiger partial charge in [0.2, 0.25) is 17.7 Å². The number of rotatable bonds is 9. The quantitative estimate of drug-likeness (QED) is 0.646. The van der Waals surface area contributed by atoms with Crippen molar-refractivity contribution in [2.45, 2.75) is 38.5 Å². The maximum atomic E-state index is 12.5. The molecule has 7 nitrogen and oxygen atoms in total. The third-order valence-corrected chi connectivity index (χ3v) is 5.79. The number of nitrogens with zero attached hydrogens (tertiary/aromatic N) is 4.